The first-order valence-electron chi connectivity index (χ1n) is 5.03. The molecule has 19 heavy (non-hydrogen) atoms. The Morgan fingerprint density at radius 1 is 1.11 bits per heavy atom. The summed E-state index contributed by atoms with van der Waals surface area (Å²) in [4.78, 5) is -0.706. The van der Waals surface area contributed by atoms with Crippen molar-refractivity contribution in [3.63, 3.8) is 0 Å². The van der Waals surface area contributed by atoms with E-state index < -0.39 is 20.8 Å². The standard InChI is InChI=1S/C6H6O5S.C4H11N.2H2O/c7-4-1-2-5(8)6(3-4)12(9,10)11;1-3-5-4-2;;/h1-3,7-8H,(H,9,10,11);5H,3-4H2,1-2H3;2*1H2. The minimum atomic E-state index is -4.47. The Labute approximate surface area is 112 Å². The summed E-state index contributed by atoms with van der Waals surface area (Å²) in [6, 6.07) is 2.83. The second kappa shape index (κ2) is 10.5. The molecule has 8 nitrogen and oxygen atoms in total. The van der Waals surface area contributed by atoms with E-state index in [9.17, 15) is 8.42 Å². The summed E-state index contributed by atoms with van der Waals surface area (Å²) in [7, 11) is -4.47. The molecule has 1 aromatic carbocycles. The number of benzene rings is 1. The van der Waals surface area contributed by atoms with Crippen molar-refractivity contribution in [2.24, 2.45) is 0 Å². The molecule has 1 rings (SSSR count). The van der Waals surface area contributed by atoms with Gasteiger partial charge in [0.05, 0.1) is 0 Å². The summed E-state index contributed by atoms with van der Waals surface area (Å²) in [5.41, 5.74) is 0. The molecule has 0 fully saturated rings. The van der Waals surface area contributed by atoms with E-state index >= 15 is 0 Å². The molecule has 0 aromatic heterocycles. The summed E-state index contributed by atoms with van der Waals surface area (Å²) in [6.45, 7) is 6.39. The van der Waals surface area contributed by atoms with Gasteiger partial charge < -0.3 is 26.5 Å². The number of phenols is 2. The number of aromatic hydroxyl groups is 2. The lowest BCUT2D eigenvalue weighted by Gasteiger charge is -2.00. The second-order valence-corrected chi connectivity index (χ2v) is 4.47. The summed E-state index contributed by atoms with van der Waals surface area (Å²) in [5, 5.41) is 20.8. The quantitative estimate of drug-likeness (QED) is 0.425. The van der Waals surface area contributed by atoms with Crippen molar-refractivity contribution >= 4 is 10.1 Å². The number of rotatable bonds is 3. The highest BCUT2D eigenvalue weighted by atomic mass is 32.2. The Kier molecular flexibility index (Phi) is 12.6. The maximum atomic E-state index is 10.5. The molecule has 9 heteroatoms. The first kappa shape index (κ1) is 22.8. The van der Waals surface area contributed by atoms with Crippen LogP contribution in [0.2, 0.25) is 0 Å². The number of hydrogen-bond acceptors (Lipinski definition) is 5. The van der Waals surface area contributed by atoms with Gasteiger partial charge in [-0.2, -0.15) is 8.42 Å². The van der Waals surface area contributed by atoms with Gasteiger partial charge in [-0.05, 0) is 25.2 Å². The van der Waals surface area contributed by atoms with E-state index in [4.69, 9.17) is 14.8 Å². The van der Waals surface area contributed by atoms with Crippen molar-refractivity contribution in [3.05, 3.63) is 18.2 Å². The third-order valence-electron chi connectivity index (χ3n) is 1.72. The minimum Gasteiger partial charge on any atom is -0.508 e. The van der Waals surface area contributed by atoms with E-state index in [-0.39, 0.29) is 16.7 Å². The van der Waals surface area contributed by atoms with Gasteiger partial charge in [-0.15, -0.1) is 0 Å². The van der Waals surface area contributed by atoms with Gasteiger partial charge in [0, 0.05) is 6.07 Å². The highest BCUT2D eigenvalue weighted by Crippen LogP contribution is 2.25. The summed E-state index contributed by atoms with van der Waals surface area (Å²) >= 11 is 0. The lowest BCUT2D eigenvalue weighted by Crippen LogP contribution is -2.09. The Morgan fingerprint density at radius 3 is 1.84 bits per heavy atom. The van der Waals surface area contributed by atoms with E-state index in [1.807, 2.05) is 0 Å². The van der Waals surface area contributed by atoms with Crippen LogP contribution in [0.1, 0.15) is 13.8 Å². The molecule has 0 amide bonds. The lowest BCUT2D eigenvalue weighted by atomic mass is 10.3. The fourth-order valence-corrected chi connectivity index (χ4v) is 1.56. The fraction of sp³-hybridized carbons (Fsp3) is 0.400. The average Bonchev–Trinajstić information content (AvgIpc) is 2.22. The second-order valence-electron chi connectivity index (χ2n) is 3.08. The SMILES string of the molecule is CCNCC.O.O.O=S(=O)(O)c1cc(O)ccc1O. The molecule has 0 atom stereocenters. The molecule has 0 aliphatic carbocycles. The van der Waals surface area contributed by atoms with Crippen LogP contribution >= 0.6 is 0 Å². The third-order valence-corrected chi connectivity index (χ3v) is 2.60. The Balaban J connectivity index is -0.000000320. The van der Waals surface area contributed by atoms with Gasteiger partial charge in [0.25, 0.3) is 10.1 Å². The predicted octanol–water partition coefficient (Wildman–Crippen LogP) is -0.689. The van der Waals surface area contributed by atoms with Crippen LogP contribution < -0.4 is 5.32 Å². The number of nitrogens with one attached hydrogen (secondary N) is 1. The summed E-state index contributed by atoms with van der Waals surface area (Å²) in [5.74, 6) is -0.948. The van der Waals surface area contributed by atoms with Crippen LogP contribution in [0.25, 0.3) is 0 Å². The van der Waals surface area contributed by atoms with Crippen molar-refractivity contribution < 1.29 is 34.1 Å². The molecule has 8 N–H and O–H groups in total. The van der Waals surface area contributed by atoms with E-state index in [1.165, 1.54) is 0 Å². The largest absolute Gasteiger partial charge is 0.508 e. The zero-order valence-electron chi connectivity index (χ0n) is 10.7. The van der Waals surface area contributed by atoms with Crippen LogP contribution in [0, 0.1) is 0 Å². The van der Waals surface area contributed by atoms with E-state index in [1.54, 1.807) is 0 Å². The third kappa shape index (κ3) is 9.22. The van der Waals surface area contributed by atoms with Crippen LogP contribution in [-0.4, -0.2) is 47.2 Å². The van der Waals surface area contributed by atoms with Crippen molar-refractivity contribution in [2.75, 3.05) is 13.1 Å². The van der Waals surface area contributed by atoms with Crippen molar-refractivity contribution in [1.29, 1.82) is 0 Å². The molecule has 0 spiro atoms. The fourth-order valence-electron chi connectivity index (χ4n) is 0.959. The van der Waals surface area contributed by atoms with Crippen LogP contribution in [0.4, 0.5) is 0 Å². The number of phenolic OH excluding ortho intramolecular Hbond substituents is 2. The van der Waals surface area contributed by atoms with Crippen LogP contribution in [-0.2, 0) is 10.1 Å². The molecular formula is C10H21NO7S. The van der Waals surface area contributed by atoms with Gasteiger partial charge in [-0.1, -0.05) is 13.8 Å². The molecule has 0 aliphatic heterocycles. The van der Waals surface area contributed by atoms with Gasteiger partial charge in [0.2, 0.25) is 0 Å². The van der Waals surface area contributed by atoms with Gasteiger partial charge in [-0.25, -0.2) is 0 Å². The smallest absolute Gasteiger partial charge is 0.298 e. The van der Waals surface area contributed by atoms with E-state index in [0.29, 0.717) is 0 Å². The van der Waals surface area contributed by atoms with Crippen molar-refractivity contribution in [1.82, 2.24) is 5.32 Å². The average molecular weight is 299 g/mol. The first-order valence-corrected chi connectivity index (χ1v) is 6.47. The molecule has 0 radical (unpaired) electrons. The molecule has 0 bridgehead atoms. The van der Waals surface area contributed by atoms with Crippen molar-refractivity contribution in [2.45, 2.75) is 18.7 Å². The van der Waals surface area contributed by atoms with Gasteiger partial charge in [-0.3, -0.25) is 4.55 Å². The molecule has 0 saturated carbocycles. The predicted molar refractivity (Wildman–Crippen MR) is 71.0 cm³/mol. The number of hydrogen-bond donors (Lipinski definition) is 4. The zero-order chi connectivity index (χ0) is 13.5. The Morgan fingerprint density at radius 2 is 1.58 bits per heavy atom. The Hall–Kier alpha value is -1.39. The van der Waals surface area contributed by atoms with Gasteiger partial charge >= 0.3 is 0 Å². The van der Waals surface area contributed by atoms with Crippen LogP contribution in [0.5, 0.6) is 11.5 Å². The normalized spacial score (nSPS) is 9.42. The monoisotopic (exact) mass is 299 g/mol. The topological polar surface area (TPSA) is 170 Å². The van der Waals surface area contributed by atoms with E-state index in [2.05, 4.69) is 19.2 Å². The van der Waals surface area contributed by atoms with Crippen LogP contribution in [0.3, 0.4) is 0 Å². The van der Waals surface area contributed by atoms with Gasteiger partial charge in [0.1, 0.15) is 16.4 Å². The zero-order valence-corrected chi connectivity index (χ0v) is 11.5. The highest BCUT2D eigenvalue weighted by Gasteiger charge is 2.15. The maximum Gasteiger partial charge on any atom is 0.298 e. The van der Waals surface area contributed by atoms with E-state index in [0.717, 1.165) is 31.3 Å². The highest BCUT2D eigenvalue weighted by molar-refractivity contribution is 7.86. The molecule has 1 aromatic rings. The molecule has 114 valence electrons. The van der Waals surface area contributed by atoms with Gasteiger partial charge in [0.15, 0.2) is 0 Å². The minimum absolute atomic E-state index is 0. The summed E-state index contributed by atoms with van der Waals surface area (Å²) in [6.07, 6.45) is 0. The molecule has 0 unspecified atom stereocenters. The molecule has 0 aliphatic rings. The maximum absolute atomic E-state index is 10.5. The molecule has 0 saturated heterocycles. The van der Waals surface area contributed by atoms with Crippen molar-refractivity contribution in [3.8, 4) is 11.5 Å². The molecular weight excluding hydrogens is 278 g/mol. The lowest BCUT2D eigenvalue weighted by molar-refractivity contribution is 0.433. The first-order chi connectivity index (χ1) is 7.82. The Bertz CT molecular complexity index is 445. The van der Waals surface area contributed by atoms with Crippen LogP contribution in [0.15, 0.2) is 23.1 Å². The molecule has 0 heterocycles. The summed E-state index contributed by atoms with van der Waals surface area (Å²) < 4.78 is 29.5.